The summed E-state index contributed by atoms with van der Waals surface area (Å²) in [5.74, 6) is 0. The van der Waals surface area contributed by atoms with E-state index in [1.165, 1.54) is 123 Å². The Hall–Kier alpha value is -18.0. The Kier molecular flexibility index (Phi) is 19.7. The third-order valence-corrected chi connectivity index (χ3v) is 29.1. The zero-order chi connectivity index (χ0) is 91.2. The van der Waals surface area contributed by atoms with Gasteiger partial charge in [0.05, 0.1) is 50.6 Å². The van der Waals surface area contributed by atoms with Crippen molar-refractivity contribution in [3.8, 4) is 122 Å². The maximum Gasteiger partial charge on any atom is 0.0755 e. The SMILES string of the molecule is c1ccc(-c2cccc(-c3ccc(-c4ccc(N(c5ccccc5-c5ccccc5)c5cccc6c5-c5ccccc5C65c6ccccc6N(c6ccc(-c7ccc(-c8cccc(N(c9ccc(-c%10ccc(-c%11ccccc%11-c%11ccccc%11)cc%10)cc9)c9cccc%10c9-c9ccccc9C%109c%10ccccc%10N(c%10ccccc%10)c%10ccccc%109)c8)cc7)cc6)c6ccccc65)cc4)cc3)c2)cc1. The van der Waals surface area contributed by atoms with Gasteiger partial charge in [0, 0.05) is 45.1 Å². The minimum atomic E-state index is -0.702. The molecule has 22 aromatic carbocycles. The average molecular weight is 1760 g/mol. The third-order valence-electron chi connectivity index (χ3n) is 29.1. The molecule has 0 amide bonds. The van der Waals surface area contributed by atoms with Crippen LogP contribution >= 0.6 is 0 Å². The summed E-state index contributed by atoms with van der Waals surface area (Å²) in [7, 11) is 0. The standard InChI is InChI=1S/C134H90N4/c1-5-33-91(34-6-1)103-39-29-40-104(89-103)98-69-65-92(66-70-98)96-79-85-108(86-80-96)136(124-58-24-17-47-113(124)101-37-9-3-10-38-101)130-64-32-57-123-132(130)115-49-16-19-51-117(115)134(123)120-54-22-27-61-127(120)138(128-62-28-23-55-121(128)134)109-87-81-97(82-88-109)93-67-71-99(72-68-93)105-41-30-44-110(90-105)135(107-83-77-95(78-84-107)94-73-75-102(76-74-94)112-46-14-13-45-111(112)100-35-7-2-8-36-100)129-63-31-56-122-131(129)114-48-15-18-50-116(114)133(122)118-52-20-25-59-125(118)137(106-42-11-4-12-43-106)126-60-26-21-53-119(126)133/h1-90H. The maximum atomic E-state index is 2.52. The number of benzene rings is 22. The minimum Gasteiger partial charge on any atom is -0.310 e. The van der Waals surface area contributed by atoms with E-state index < -0.39 is 10.8 Å². The predicted octanol–water partition coefficient (Wildman–Crippen LogP) is 35.9. The van der Waals surface area contributed by atoms with Gasteiger partial charge in [-0.05, 0) is 259 Å². The highest BCUT2D eigenvalue weighted by Crippen LogP contribution is 2.68. The summed E-state index contributed by atoms with van der Waals surface area (Å²) in [5.41, 5.74) is 47.8. The Bertz CT molecular complexity index is 8310. The first-order valence-corrected chi connectivity index (χ1v) is 47.8. The van der Waals surface area contributed by atoms with Crippen molar-refractivity contribution < 1.29 is 0 Å². The van der Waals surface area contributed by atoms with E-state index in [2.05, 4.69) is 566 Å². The molecule has 2 aliphatic carbocycles. The molecule has 22 aromatic rings. The number of para-hydroxylation sites is 6. The van der Waals surface area contributed by atoms with Crippen LogP contribution in [0, 0.1) is 0 Å². The summed E-state index contributed by atoms with van der Waals surface area (Å²) in [5, 5.41) is 0. The van der Waals surface area contributed by atoms with Gasteiger partial charge < -0.3 is 19.6 Å². The Labute approximate surface area is 805 Å². The van der Waals surface area contributed by atoms with Crippen LogP contribution in [0.2, 0.25) is 0 Å². The molecular weight excluding hydrogens is 1670 g/mol. The van der Waals surface area contributed by atoms with E-state index in [0.29, 0.717) is 0 Å². The molecule has 0 saturated carbocycles. The van der Waals surface area contributed by atoms with Crippen molar-refractivity contribution in [3.05, 3.63) is 590 Å². The molecule has 0 radical (unpaired) electrons. The van der Waals surface area contributed by atoms with Gasteiger partial charge >= 0.3 is 0 Å². The lowest BCUT2D eigenvalue weighted by molar-refractivity contribution is 0.752. The second-order valence-corrected chi connectivity index (χ2v) is 36.4. The Morgan fingerprint density at radius 3 is 0.826 bits per heavy atom. The van der Waals surface area contributed by atoms with Gasteiger partial charge in [0.25, 0.3) is 0 Å². The van der Waals surface area contributed by atoms with E-state index >= 15 is 0 Å². The van der Waals surface area contributed by atoms with Gasteiger partial charge in [0.1, 0.15) is 0 Å². The number of fused-ring (bicyclic) bond motifs is 18. The van der Waals surface area contributed by atoms with Crippen molar-refractivity contribution >= 4 is 68.2 Å². The smallest absolute Gasteiger partial charge is 0.0755 e. The zero-order valence-electron chi connectivity index (χ0n) is 75.8. The van der Waals surface area contributed by atoms with E-state index in [9.17, 15) is 0 Å². The summed E-state index contributed by atoms with van der Waals surface area (Å²) in [4.78, 5) is 9.99. The van der Waals surface area contributed by atoms with Crippen LogP contribution in [0.5, 0.6) is 0 Å². The van der Waals surface area contributed by atoms with Crippen LogP contribution in [0.3, 0.4) is 0 Å². The lowest BCUT2D eigenvalue weighted by Gasteiger charge is -2.45. The van der Waals surface area contributed by atoms with Crippen molar-refractivity contribution in [1.29, 1.82) is 0 Å². The van der Waals surface area contributed by atoms with E-state index in [-0.39, 0.29) is 0 Å². The molecule has 4 heteroatoms. The molecule has 0 fully saturated rings. The number of anilines is 12. The molecule has 2 spiro atoms. The van der Waals surface area contributed by atoms with Crippen LogP contribution in [0.1, 0.15) is 44.5 Å². The summed E-state index contributed by atoms with van der Waals surface area (Å²) in [6, 6.07) is 203. The highest BCUT2D eigenvalue weighted by atomic mass is 15.2. The maximum absolute atomic E-state index is 2.52. The lowest BCUT2D eigenvalue weighted by Crippen LogP contribution is -2.36. The molecule has 26 rings (SSSR count). The van der Waals surface area contributed by atoms with Crippen LogP contribution in [-0.2, 0) is 10.8 Å². The first-order valence-electron chi connectivity index (χ1n) is 47.8. The normalized spacial score (nSPS) is 12.9. The van der Waals surface area contributed by atoms with Crippen LogP contribution < -0.4 is 19.6 Å². The topological polar surface area (TPSA) is 13.0 Å². The van der Waals surface area contributed by atoms with Crippen LogP contribution in [0.15, 0.2) is 546 Å². The Morgan fingerprint density at radius 2 is 0.391 bits per heavy atom. The molecule has 0 aromatic heterocycles. The van der Waals surface area contributed by atoms with Gasteiger partial charge in [-0.25, -0.2) is 0 Å². The Morgan fingerprint density at radius 1 is 0.138 bits per heavy atom. The fraction of sp³-hybridized carbons (Fsp3) is 0.0149. The molecule has 0 unspecified atom stereocenters. The van der Waals surface area contributed by atoms with E-state index in [0.717, 1.165) is 113 Å². The minimum absolute atomic E-state index is 0.654. The van der Waals surface area contributed by atoms with E-state index in [1.807, 2.05) is 0 Å². The fourth-order valence-corrected chi connectivity index (χ4v) is 23.0. The van der Waals surface area contributed by atoms with Crippen LogP contribution in [-0.4, -0.2) is 0 Å². The van der Waals surface area contributed by atoms with Crippen LogP contribution in [0.4, 0.5) is 68.2 Å². The van der Waals surface area contributed by atoms with Crippen molar-refractivity contribution in [2.75, 3.05) is 19.6 Å². The Balaban J connectivity index is 0.543. The van der Waals surface area contributed by atoms with E-state index in [4.69, 9.17) is 0 Å². The molecule has 646 valence electrons. The predicted molar refractivity (Wildman–Crippen MR) is 576 cm³/mol. The molecule has 4 aliphatic rings. The molecule has 0 bridgehead atoms. The summed E-state index contributed by atoms with van der Waals surface area (Å²) < 4.78 is 0. The highest BCUT2D eigenvalue weighted by molar-refractivity contribution is 6.06. The third kappa shape index (κ3) is 13.2. The molecular formula is C134H90N4. The highest BCUT2D eigenvalue weighted by Gasteiger charge is 2.55. The van der Waals surface area contributed by atoms with Gasteiger partial charge in [-0.1, -0.05) is 437 Å². The van der Waals surface area contributed by atoms with Gasteiger partial charge in [-0.3, -0.25) is 0 Å². The van der Waals surface area contributed by atoms with Gasteiger partial charge in [-0.15, -0.1) is 0 Å². The van der Waals surface area contributed by atoms with E-state index in [1.54, 1.807) is 0 Å². The molecule has 138 heavy (non-hydrogen) atoms. The van der Waals surface area contributed by atoms with Crippen molar-refractivity contribution in [2.45, 2.75) is 10.8 Å². The van der Waals surface area contributed by atoms with Crippen molar-refractivity contribution in [3.63, 3.8) is 0 Å². The quantitative estimate of drug-likeness (QED) is 0.0901. The monoisotopic (exact) mass is 1750 g/mol. The van der Waals surface area contributed by atoms with Crippen LogP contribution in [0.25, 0.3) is 122 Å². The number of hydrogen-bond donors (Lipinski definition) is 0. The largest absolute Gasteiger partial charge is 0.310 e. The summed E-state index contributed by atoms with van der Waals surface area (Å²) >= 11 is 0. The molecule has 2 heterocycles. The summed E-state index contributed by atoms with van der Waals surface area (Å²) in [6.45, 7) is 0. The van der Waals surface area contributed by atoms with Gasteiger partial charge in [0.15, 0.2) is 0 Å². The summed E-state index contributed by atoms with van der Waals surface area (Å²) in [6.07, 6.45) is 0. The second-order valence-electron chi connectivity index (χ2n) is 36.4. The first-order chi connectivity index (χ1) is 68.5. The molecule has 2 aliphatic heterocycles. The second kappa shape index (κ2) is 33.6. The number of rotatable bonds is 17. The van der Waals surface area contributed by atoms with Crippen molar-refractivity contribution in [2.24, 2.45) is 0 Å². The average Bonchev–Trinajstić information content (AvgIpc) is 1.51. The lowest BCUT2D eigenvalue weighted by atomic mass is 9.64. The number of hydrogen-bond acceptors (Lipinski definition) is 4. The zero-order valence-corrected chi connectivity index (χ0v) is 75.8. The molecule has 0 N–H and O–H groups in total. The first kappa shape index (κ1) is 80.9. The van der Waals surface area contributed by atoms with Gasteiger partial charge in [-0.2, -0.15) is 0 Å². The van der Waals surface area contributed by atoms with Crippen molar-refractivity contribution in [1.82, 2.24) is 0 Å². The molecule has 4 nitrogen and oxygen atoms in total. The molecule has 0 atom stereocenters. The molecule has 0 saturated heterocycles. The number of nitrogens with zero attached hydrogens (tertiary/aromatic N) is 4. The van der Waals surface area contributed by atoms with Gasteiger partial charge in [0.2, 0.25) is 0 Å². The fourth-order valence-electron chi connectivity index (χ4n) is 23.0.